The van der Waals surface area contributed by atoms with Crippen LogP contribution in [0.1, 0.15) is 54.4 Å². The largest absolute Gasteiger partial charge is 0.352 e. The van der Waals surface area contributed by atoms with E-state index in [1.807, 2.05) is 0 Å². The predicted molar refractivity (Wildman–Crippen MR) is 110 cm³/mol. The molecule has 0 bridgehead atoms. The van der Waals surface area contributed by atoms with Gasteiger partial charge in [0.1, 0.15) is 0 Å². The van der Waals surface area contributed by atoms with Crippen molar-refractivity contribution in [2.75, 3.05) is 12.3 Å². The van der Waals surface area contributed by atoms with Crippen molar-refractivity contribution in [2.24, 2.45) is 0 Å². The fourth-order valence-electron chi connectivity index (χ4n) is 3.80. The minimum atomic E-state index is -0.123. The van der Waals surface area contributed by atoms with Gasteiger partial charge in [0.05, 0.1) is 11.2 Å². The minimum absolute atomic E-state index is 0.123. The molecular formula is C20H32O2P2. The summed E-state index contributed by atoms with van der Waals surface area (Å²) in [6.45, 7) is 13.1. The van der Waals surface area contributed by atoms with Gasteiger partial charge in [-0.25, -0.2) is 0 Å². The molecule has 4 unspecified atom stereocenters. The van der Waals surface area contributed by atoms with Crippen molar-refractivity contribution < 1.29 is 9.05 Å². The third-order valence-corrected chi connectivity index (χ3v) is 6.84. The van der Waals surface area contributed by atoms with E-state index in [0.717, 1.165) is 25.2 Å². The summed E-state index contributed by atoms with van der Waals surface area (Å²) < 4.78 is 12.4. The molecule has 0 fully saturated rings. The van der Waals surface area contributed by atoms with Crippen molar-refractivity contribution in [3.05, 3.63) is 46.6 Å². The summed E-state index contributed by atoms with van der Waals surface area (Å²) in [6, 6.07) is 0. The monoisotopic (exact) mass is 366 g/mol. The lowest BCUT2D eigenvalue weighted by Gasteiger charge is -2.31. The maximum absolute atomic E-state index is 6.20. The molecule has 0 aromatic carbocycles. The highest BCUT2D eigenvalue weighted by atomic mass is 31.1. The first kappa shape index (κ1) is 20.1. The molecule has 0 aliphatic heterocycles. The lowest BCUT2D eigenvalue weighted by Crippen LogP contribution is -2.26. The molecule has 2 nitrogen and oxygen atoms in total. The van der Waals surface area contributed by atoms with E-state index < -0.39 is 0 Å². The highest BCUT2D eigenvalue weighted by Gasteiger charge is 2.27. The Kier molecular flexibility index (Phi) is 7.03. The SMILES string of the molecule is CC1=CC(C)(OPCCPOC2(C)C=C(C)C=C(C)C2)CC(C)=C1. The number of allylic oxidation sites excluding steroid dienone is 4. The molecule has 24 heavy (non-hydrogen) atoms. The molecule has 0 radical (unpaired) electrons. The summed E-state index contributed by atoms with van der Waals surface area (Å²) in [5.41, 5.74) is 5.19. The number of rotatable bonds is 7. The molecule has 4 heteroatoms. The highest BCUT2D eigenvalue weighted by Crippen LogP contribution is 2.37. The first-order chi connectivity index (χ1) is 11.2. The number of hydrogen-bond acceptors (Lipinski definition) is 2. The first-order valence-electron chi connectivity index (χ1n) is 8.75. The van der Waals surface area contributed by atoms with E-state index in [1.54, 1.807) is 0 Å². The Labute approximate surface area is 151 Å². The zero-order chi connectivity index (χ0) is 17.8. The summed E-state index contributed by atoms with van der Waals surface area (Å²) >= 11 is 0. The lowest BCUT2D eigenvalue weighted by molar-refractivity contribution is 0.162. The van der Waals surface area contributed by atoms with E-state index in [4.69, 9.17) is 9.05 Å². The van der Waals surface area contributed by atoms with Crippen LogP contribution in [-0.4, -0.2) is 23.5 Å². The van der Waals surface area contributed by atoms with E-state index in [2.05, 4.69) is 65.8 Å². The van der Waals surface area contributed by atoms with E-state index in [-0.39, 0.29) is 11.2 Å². The van der Waals surface area contributed by atoms with Crippen molar-refractivity contribution >= 4 is 17.6 Å². The van der Waals surface area contributed by atoms with E-state index >= 15 is 0 Å². The van der Waals surface area contributed by atoms with Gasteiger partial charge in [-0.15, -0.1) is 0 Å². The second kappa shape index (κ2) is 8.41. The van der Waals surface area contributed by atoms with Gasteiger partial charge >= 0.3 is 0 Å². The summed E-state index contributed by atoms with van der Waals surface area (Å²) in [6.07, 6.45) is 13.2. The van der Waals surface area contributed by atoms with Crippen molar-refractivity contribution in [2.45, 2.75) is 65.6 Å². The van der Waals surface area contributed by atoms with Crippen molar-refractivity contribution in [3.8, 4) is 0 Å². The Hall–Kier alpha value is -0.260. The fourth-order valence-corrected chi connectivity index (χ4v) is 5.74. The highest BCUT2D eigenvalue weighted by molar-refractivity contribution is 7.37. The van der Waals surface area contributed by atoms with Gasteiger partial charge in [0.15, 0.2) is 0 Å². The molecule has 0 saturated heterocycles. The van der Waals surface area contributed by atoms with Crippen LogP contribution in [0.15, 0.2) is 46.6 Å². The molecule has 0 saturated carbocycles. The molecule has 0 N–H and O–H groups in total. The molecular weight excluding hydrogens is 334 g/mol. The molecule has 2 aliphatic carbocycles. The van der Waals surface area contributed by atoms with Gasteiger partial charge in [-0.05, 0) is 66.0 Å². The zero-order valence-electron chi connectivity index (χ0n) is 16.0. The standard InChI is InChI=1S/C20H32O2P2/c1-15-9-16(2)12-19(5,11-15)21-23-7-8-24-22-20(6)13-17(3)10-18(4)14-20/h9-11,13,23-24H,7-8,12,14H2,1-6H3. The molecule has 0 amide bonds. The molecule has 0 aromatic rings. The maximum atomic E-state index is 6.20. The molecule has 134 valence electrons. The Morgan fingerprint density at radius 2 is 1.17 bits per heavy atom. The lowest BCUT2D eigenvalue weighted by atomic mass is 9.89. The van der Waals surface area contributed by atoms with Crippen LogP contribution >= 0.6 is 17.6 Å². The van der Waals surface area contributed by atoms with E-state index in [9.17, 15) is 0 Å². The molecule has 0 spiro atoms. The average molecular weight is 366 g/mol. The molecule has 2 aliphatic rings. The normalized spacial score (nSPS) is 31.4. The Morgan fingerprint density at radius 1 is 0.792 bits per heavy atom. The van der Waals surface area contributed by atoms with Gasteiger partial charge in [0.25, 0.3) is 0 Å². The summed E-state index contributed by atoms with van der Waals surface area (Å²) in [5, 5.41) is 0. The smallest absolute Gasteiger partial charge is 0.0915 e. The third kappa shape index (κ3) is 6.23. The molecule has 0 heterocycles. The van der Waals surface area contributed by atoms with Gasteiger partial charge < -0.3 is 9.05 Å². The van der Waals surface area contributed by atoms with Gasteiger partial charge in [0.2, 0.25) is 0 Å². The van der Waals surface area contributed by atoms with Crippen molar-refractivity contribution in [1.29, 1.82) is 0 Å². The second-order valence-corrected chi connectivity index (χ2v) is 9.72. The third-order valence-electron chi connectivity index (χ3n) is 4.21. The van der Waals surface area contributed by atoms with Crippen molar-refractivity contribution in [3.63, 3.8) is 0 Å². The van der Waals surface area contributed by atoms with Crippen LogP contribution in [0, 0.1) is 0 Å². The van der Waals surface area contributed by atoms with Gasteiger partial charge in [-0.2, -0.15) is 0 Å². The first-order valence-corrected chi connectivity index (χ1v) is 11.0. The quantitative estimate of drug-likeness (QED) is 0.388. The van der Waals surface area contributed by atoms with Gasteiger partial charge in [-0.1, -0.05) is 34.4 Å². The average Bonchev–Trinajstić information content (AvgIpc) is 2.39. The van der Waals surface area contributed by atoms with Crippen LogP contribution in [0.3, 0.4) is 0 Å². The summed E-state index contributed by atoms with van der Waals surface area (Å²) in [5.74, 6) is 0. The zero-order valence-corrected chi connectivity index (χ0v) is 18.0. The second-order valence-electron chi connectivity index (χ2n) is 7.73. The van der Waals surface area contributed by atoms with Crippen LogP contribution in [0.2, 0.25) is 0 Å². The van der Waals surface area contributed by atoms with Crippen LogP contribution in [0.25, 0.3) is 0 Å². The molecule has 2 rings (SSSR count). The Balaban J connectivity index is 1.68. The van der Waals surface area contributed by atoms with E-state index in [0.29, 0.717) is 17.6 Å². The number of hydrogen-bond donors (Lipinski definition) is 0. The van der Waals surface area contributed by atoms with Crippen LogP contribution < -0.4 is 0 Å². The Bertz CT molecular complexity index is 536. The van der Waals surface area contributed by atoms with Crippen LogP contribution in [0.5, 0.6) is 0 Å². The van der Waals surface area contributed by atoms with Gasteiger partial charge in [0, 0.05) is 30.5 Å². The summed E-state index contributed by atoms with van der Waals surface area (Å²) in [4.78, 5) is 0. The maximum Gasteiger partial charge on any atom is 0.0915 e. The minimum Gasteiger partial charge on any atom is -0.352 e. The molecule has 0 aromatic heterocycles. The predicted octanol–water partition coefficient (Wildman–Crippen LogP) is 6.32. The van der Waals surface area contributed by atoms with Crippen LogP contribution in [-0.2, 0) is 9.05 Å². The fraction of sp³-hybridized carbons (Fsp3) is 0.600. The topological polar surface area (TPSA) is 18.5 Å². The van der Waals surface area contributed by atoms with Crippen molar-refractivity contribution in [1.82, 2.24) is 0 Å². The van der Waals surface area contributed by atoms with E-state index in [1.165, 1.54) is 22.3 Å². The Morgan fingerprint density at radius 3 is 1.50 bits per heavy atom. The van der Waals surface area contributed by atoms with Gasteiger partial charge in [-0.3, -0.25) is 0 Å². The molecule has 4 atom stereocenters. The summed E-state index contributed by atoms with van der Waals surface area (Å²) in [7, 11) is 1.08. The van der Waals surface area contributed by atoms with Crippen LogP contribution in [0.4, 0.5) is 0 Å².